The van der Waals surface area contributed by atoms with Gasteiger partial charge in [-0.15, -0.1) is 0 Å². The van der Waals surface area contributed by atoms with Crippen LogP contribution in [0.3, 0.4) is 0 Å². The van der Waals surface area contributed by atoms with Crippen molar-refractivity contribution in [2.45, 2.75) is 32.8 Å². The van der Waals surface area contributed by atoms with Crippen LogP contribution < -0.4 is 16.4 Å². The zero-order valence-electron chi connectivity index (χ0n) is 15.3. The van der Waals surface area contributed by atoms with Gasteiger partial charge in [-0.1, -0.05) is 0 Å². The number of nitrogens with zero attached hydrogens (tertiary/aromatic N) is 3. The van der Waals surface area contributed by atoms with Crippen LogP contribution in [-0.4, -0.2) is 42.8 Å². The molecule has 1 spiro atoms. The van der Waals surface area contributed by atoms with Crippen molar-refractivity contribution in [1.29, 1.82) is 5.26 Å². The summed E-state index contributed by atoms with van der Waals surface area (Å²) in [5.74, 6) is 0. The van der Waals surface area contributed by atoms with Gasteiger partial charge in [0.1, 0.15) is 11.7 Å². The van der Waals surface area contributed by atoms with Crippen LogP contribution in [0.1, 0.15) is 32.8 Å². The van der Waals surface area contributed by atoms with E-state index in [1.54, 1.807) is 11.0 Å². The first-order valence-corrected chi connectivity index (χ1v) is 9.35. The molecule has 26 heavy (non-hydrogen) atoms. The van der Waals surface area contributed by atoms with Gasteiger partial charge in [-0.25, -0.2) is 4.79 Å². The van der Waals surface area contributed by atoms with Crippen molar-refractivity contribution in [1.82, 2.24) is 4.90 Å². The molecule has 0 unspecified atom stereocenters. The third-order valence-corrected chi connectivity index (χ3v) is 5.73. The normalized spacial score (nSPS) is 18.6. The number of amides is 1. The van der Waals surface area contributed by atoms with Gasteiger partial charge in [0, 0.05) is 31.6 Å². The molecule has 2 aliphatic heterocycles. The zero-order valence-corrected chi connectivity index (χ0v) is 16.9. The van der Waals surface area contributed by atoms with E-state index in [1.807, 2.05) is 20.8 Å². The van der Waals surface area contributed by atoms with Crippen molar-refractivity contribution in [2.24, 2.45) is 5.41 Å². The number of halogens is 1. The highest BCUT2D eigenvalue weighted by Crippen LogP contribution is 2.44. The molecule has 0 atom stereocenters. The molecular formula is C18H24BrN5O2. The van der Waals surface area contributed by atoms with E-state index in [-0.39, 0.29) is 11.5 Å². The van der Waals surface area contributed by atoms with Crippen LogP contribution in [0.15, 0.2) is 10.5 Å². The van der Waals surface area contributed by atoms with E-state index < -0.39 is 5.60 Å². The minimum absolute atomic E-state index is 0.0479. The largest absolute Gasteiger partial charge is 0.444 e. The number of hydrogen-bond donors (Lipinski definition) is 2. The van der Waals surface area contributed by atoms with E-state index in [0.717, 1.165) is 25.2 Å². The molecule has 4 N–H and O–H groups in total. The van der Waals surface area contributed by atoms with Gasteiger partial charge in [0.05, 0.1) is 27.1 Å². The monoisotopic (exact) mass is 421 g/mol. The Labute approximate surface area is 162 Å². The first kappa shape index (κ1) is 18.6. The number of nitrogens with two attached hydrogens (primary N) is 2. The Hall–Kier alpha value is -2.14. The van der Waals surface area contributed by atoms with Crippen molar-refractivity contribution < 1.29 is 9.53 Å². The van der Waals surface area contributed by atoms with Crippen LogP contribution in [0.25, 0.3) is 0 Å². The van der Waals surface area contributed by atoms with Gasteiger partial charge in [0.15, 0.2) is 0 Å². The van der Waals surface area contributed by atoms with Gasteiger partial charge in [0.25, 0.3) is 0 Å². The number of nitrogen functional groups attached to an aromatic ring is 2. The van der Waals surface area contributed by atoms with Crippen molar-refractivity contribution >= 4 is 39.1 Å². The summed E-state index contributed by atoms with van der Waals surface area (Å²) in [7, 11) is 0. The van der Waals surface area contributed by atoms with Gasteiger partial charge in [0.2, 0.25) is 0 Å². The second-order valence-electron chi connectivity index (χ2n) is 8.21. The van der Waals surface area contributed by atoms with E-state index in [4.69, 9.17) is 16.2 Å². The summed E-state index contributed by atoms with van der Waals surface area (Å²) in [6.45, 7) is 8.53. The summed E-state index contributed by atoms with van der Waals surface area (Å²) < 4.78 is 5.97. The number of likely N-dealkylation sites (tertiary alicyclic amines) is 1. The van der Waals surface area contributed by atoms with Crippen molar-refractivity contribution in [2.75, 3.05) is 42.5 Å². The van der Waals surface area contributed by atoms with Crippen molar-refractivity contribution in [3.8, 4) is 6.07 Å². The lowest BCUT2D eigenvalue weighted by molar-refractivity contribution is -0.0266. The van der Waals surface area contributed by atoms with Crippen LogP contribution >= 0.6 is 15.9 Å². The minimum atomic E-state index is -0.489. The standard InChI is InChI=1S/C18H24BrN5O2/c1-17(2,3)26-16(25)24-9-18(10-24)4-5-23(8-18)13-6-12(21)15(22)14(19)11(13)7-20/h6H,4-5,8-10,21-22H2,1-3H3. The molecule has 0 saturated carbocycles. The number of rotatable bonds is 1. The molecule has 1 aromatic carbocycles. The van der Waals surface area contributed by atoms with Crippen LogP contribution in [0.5, 0.6) is 0 Å². The van der Waals surface area contributed by atoms with E-state index in [1.165, 1.54) is 0 Å². The number of nitriles is 1. The maximum Gasteiger partial charge on any atom is 0.410 e. The van der Waals surface area contributed by atoms with Crippen LogP contribution in [0.2, 0.25) is 0 Å². The summed E-state index contributed by atoms with van der Waals surface area (Å²) in [6, 6.07) is 3.98. The molecule has 2 saturated heterocycles. The molecule has 0 bridgehead atoms. The molecule has 0 aromatic heterocycles. The lowest BCUT2D eigenvalue weighted by Crippen LogP contribution is -2.60. The topological polar surface area (TPSA) is 109 Å². The number of anilines is 3. The number of ether oxygens (including phenoxy) is 1. The molecule has 2 aliphatic rings. The fourth-order valence-electron chi connectivity index (χ4n) is 3.64. The Morgan fingerprint density at radius 2 is 2.00 bits per heavy atom. The second kappa shape index (κ2) is 6.23. The lowest BCUT2D eigenvalue weighted by Gasteiger charge is -2.47. The van der Waals surface area contributed by atoms with Crippen LogP contribution in [0, 0.1) is 16.7 Å². The molecule has 1 aromatic rings. The average Bonchev–Trinajstić information content (AvgIpc) is 2.94. The molecule has 0 radical (unpaired) electrons. The molecule has 1 amide bonds. The molecule has 3 rings (SSSR count). The highest BCUT2D eigenvalue weighted by Gasteiger charge is 2.50. The molecule has 140 valence electrons. The fourth-order valence-corrected chi connectivity index (χ4v) is 4.17. The Kier molecular flexibility index (Phi) is 4.47. The number of benzene rings is 1. The summed E-state index contributed by atoms with van der Waals surface area (Å²) in [4.78, 5) is 16.1. The van der Waals surface area contributed by atoms with Crippen LogP contribution in [0.4, 0.5) is 21.9 Å². The number of carbonyl (C=O) groups is 1. The lowest BCUT2D eigenvalue weighted by atomic mass is 9.79. The average molecular weight is 422 g/mol. The van der Waals surface area contributed by atoms with Crippen LogP contribution in [-0.2, 0) is 4.74 Å². The smallest absolute Gasteiger partial charge is 0.410 e. The van der Waals surface area contributed by atoms with Gasteiger partial charge in [-0.05, 0) is 49.2 Å². The molecule has 2 heterocycles. The molecule has 8 heteroatoms. The first-order chi connectivity index (χ1) is 12.1. The number of carbonyl (C=O) groups excluding carboxylic acids is 1. The molecular weight excluding hydrogens is 398 g/mol. The van der Waals surface area contributed by atoms with E-state index in [9.17, 15) is 10.1 Å². The molecule has 2 fully saturated rings. The maximum absolute atomic E-state index is 12.2. The van der Waals surface area contributed by atoms with E-state index in [2.05, 4.69) is 26.9 Å². The Bertz CT molecular complexity index is 790. The van der Waals surface area contributed by atoms with E-state index >= 15 is 0 Å². The van der Waals surface area contributed by atoms with Gasteiger partial charge in [-0.2, -0.15) is 5.26 Å². The predicted octanol–water partition coefficient (Wildman–Crippen LogP) is 2.93. The minimum Gasteiger partial charge on any atom is -0.444 e. The number of hydrogen-bond acceptors (Lipinski definition) is 6. The SMILES string of the molecule is CC(C)(C)OC(=O)N1CC2(CCN(c3cc(N)c(N)c(Br)c3C#N)C2)C1. The summed E-state index contributed by atoms with van der Waals surface area (Å²) in [6.07, 6.45) is 0.692. The molecule has 0 aliphatic carbocycles. The zero-order chi connectivity index (χ0) is 19.3. The molecule has 7 nitrogen and oxygen atoms in total. The third kappa shape index (κ3) is 3.28. The van der Waals surface area contributed by atoms with Crippen molar-refractivity contribution in [3.63, 3.8) is 0 Å². The second-order valence-corrected chi connectivity index (χ2v) is 9.00. The first-order valence-electron chi connectivity index (χ1n) is 8.56. The summed E-state index contributed by atoms with van der Waals surface area (Å²) in [5.41, 5.74) is 13.6. The Balaban J connectivity index is 1.72. The van der Waals surface area contributed by atoms with Crippen molar-refractivity contribution in [3.05, 3.63) is 16.1 Å². The highest BCUT2D eigenvalue weighted by molar-refractivity contribution is 9.10. The predicted molar refractivity (Wildman–Crippen MR) is 105 cm³/mol. The third-order valence-electron chi connectivity index (χ3n) is 4.91. The Morgan fingerprint density at radius 1 is 1.35 bits per heavy atom. The quantitative estimate of drug-likeness (QED) is 0.674. The Morgan fingerprint density at radius 3 is 2.58 bits per heavy atom. The van der Waals surface area contributed by atoms with Gasteiger partial charge in [-0.3, -0.25) is 0 Å². The van der Waals surface area contributed by atoms with Gasteiger partial charge >= 0.3 is 6.09 Å². The van der Waals surface area contributed by atoms with E-state index in [0.29, 0.717) is 34.5 Å². The fraction of sp³-hybridized carbons (Fsp3) is 0.556. The highest BCUT2D eigenvalue weighted by atomic mass is 79.9. The summed E-state index contributed by atoms with van der Waals surface area (Å²) in [5, 5.41) is 9.53. The van der Waals surface area contributed by atoms with Gasteiger partial charge < -0.3 is 26.0 Å². The summed E-state index contributed by atoms with van der Waals surface area (Å²) >= 11 is 3.38. The maximum atomic E-state index is 12.2.